The number of hydrogen-bond donors (Lipinski definition) is 1. The molecule has 2 rings (SSSR count). The van der Waals surface area contributed by atoms with E-state index in [9.17, 15) is 4.79 Å². The number of ketones is 1. The Morgan fingerprint density at radius 2 is 1.89 bits per heavy atom. The molecule has 1 N–H and O–H groups in total. The number of rotatable bonds is 14. The van der Waals surface area contributed by atoms with Crippen LogP contribution in [0.15, 0.2) is 6.20 Å². The first-order valence-electron chi connectivity index (χ1n) is 10.3. The van der Waals surface area contributed by atoms with Gasteiger partial charge in [0.2, 0.25) is 0 Å². The van der Waals surface area contributed by atoms with Crippen molar-refractivity contribution in [3.8, 4) is 0 Å². The van der Waals surface area contributed by atoms with Gasteiger partial charge in [-0.2, -0.15) is 0 Å². The van der Waals surface area contributed by atoms with E-state index in [1.165, 1.54) is 0 Å². The van der Waals surface area contributed by atoms with E-state index in [2.05, 4.69) is 29.5 Å². The quantitative estimate of drug-likeness (QED) is 0.499. The van der Waals surface area contributed by atoms with Gasteiger partial charge in [-0.3, -0.25) is 4.79 Å². The molecule has 27 heavy (non-hydrogen) atoms. The van der Waals surface area contributed by atoms with E-state index in [0.717, 1.165) is 31.5 Å². The molecular weight excluding hydrogens is 344 g/mol. The minimum Gasteiger partial charge on any atom is -0.378 e. The highest BCUT2D eigenvalue weighted by Gasteiger charge is 2.45. The lowest BCUT2D eigenvalue weighted by atomic mass is 9.61. The molecule has 1 aromatic heterocycles. The molecule has 0 saturated heterocycles. The predicted octanol–water partition coefficient (Wildman–Crippen LogP) is 2.25. The third kappa shape index (κ3) is 6.97. The van der Waals surface area contributed by atoms with Gasteiger partial charge in [0, 0.05) is 36.5 Å². The molecule has 0 unspecified atom stereocenters. The summed E-state index contributed by atoms with van der Waals surface area (Å²) in [5.41, 5.74) is 0.706. The van der Waals surface area contributed by atoms with Crippen molar-refractivity contribution in [2.75, 3.05) is 33.0 Å². The van der Waals surface area contributed by atoms with Crippen LogP contribution in [0.2, 0.25) is 0 Å². The van der Waals surface area contributed by atoms with Crippen LogP contribution < -0.4 is 5.32 Å². The maximum atomic E-state index is 12.5. The van der Waals surface area contributed by atoms with Crippen molar-refractivity contribution in [1.29, 1.82) is 0 Å². The van der Waals surface area contributed by atoms with Crippen molar-refractivity contribution in [3.05, 3.63) is 11.9 Å². The molecular formula is C20H36N4O3. The molecule has 1 heterocycles. The number of carbonyl (C=O) groups excluding carboxylic acids is 1. The Morgan fingerprint density at radius 1 is 1.19 bits per heavy atom. The summed E-state index contributed by atoms with van der Waals surface area (Å²) in [6.07, 6.45) is 5.75. The summed E-state index contributed by atoms with van der Waals surface area (Å²) in [4.78, 5) is 12.5. The first-order chi connectivity index (χ1) is 12.9. The van der Waals surface area contributed by atoms with Crippen LogP contribution in [0.25, 0.3) is 0 Å². The highest BCUT2D eigenvalue weighted by Crippen LogP contribution is 2.45. The van der Waals surface area contributed by atoms with Crippen molar-refractivity contribution in [2.45, 2.75) is 66.0 Å². The SMILES string of the molecule is CC(C)NCCOCCOCCn1cc(CC2(C(=O)C(C)C)CCC2)nn1. The van der Waals surface area contributed by atoms with Crippen molar-refractivity contribution < 1.29 is 14.3 Å². The fourth-order valence-corrected chi connectivity index (χ4v) is 3.50. The second kappa shape index (κ2) is 10.9. The molecule has 1 aliphatic rings. The van der Waals surface area contributed by atoms with E-state index < -0.39 is 0 Å². The Labute approximate surface area is 163 Å². The van der Waals surface area contributed by atoms with Gasteiger partial charge in [-0.15, -0.1) is 5.10 Å². The van der Waals surface area contributed by atoms with Gasteiger partial charge in [-0.05, 0) is 12.8 Å². The first-order valence-corrected chi connectivity index (χ1v) is 10.3. The fourth-order valence-electron chi connectivity index (χ4n) is 3.50. The van der Waals surface area contributed by atoms with Crippen molar-refractivity contribution in [3.63, 3.8) is 0 Å². The molecule has 0 bridgehead atoms. The van der Waals surface area contributed by atoms with E-state index >= 15 is 0 Å². The van der Waals surface area contributed by atoms with Gasteiger partial charge in [0.25, 0.3) is 0 Å². The van der Waals surface area contributed by atoms with Crippen LogP contribution in [0.5, 0.6) is 0 Å². The lowest BCUT2D eigenvalue weighted by Gasteiger charge is -2.41. The van der Waals surface area contributed by atoms with Crippen molar-refractivity contribution >= 4 is 5.78 Å². The summed E-state index contributed by atoms with van der Waals surface area (Å²) < 4.78 is 12.9. The van der Waals surface area contributed by atoms with Crippen LogP contribution in [-0.2, 0) is 27.2 Å². The fraction of sp³-hybridized carbons (Fsp3) is 0.850. The van der Waals surface area contributed by atoms with Gasteiger partial charge < -0.3 is 14.8 Å². The summed E-state index contributed by atoms with van der Waals surface area (Å²) in [7, 11) is 0. The number of Topliss-reactive ketones (excluding diaryl/α,β-unsaturated/α-hetero) is 1. The highest BCUT2D eigenvalue weighted by molar-refractivity contribution is 5.87. The molecule has 1 aliphatic carbocycles. The number of hydrogen-bond acceptors (Lipinski definition) is 6. The average molecular weight is 381 g/mol. The second-order valence-electron chi connectivity index (χ2n) is 8.14. The molecule has 1 fully saturated rings. The Kier molecular flexibility index (Phi) is 8.86. The van der Waals surface area contributed by atoms with Gasteiger partial charge in [0.1, 0.15) is 5.78 Å². The summed E-state index contributed by atoms with van der Waals surface area (Å²) in [6.45, 7) is 12.2. The maximum absolute atomic E-state index is 12.5. The normalized spacial score (nSPS) is 16.1. The smallest absolute Gasteiger partial charge is 0.141 e. The number of nitrogens with one attached hydrogen (secondary N) is 1. The zero-order chi connectivity index (χ0) is 19.7. The summed E-state index contributed by atoms with van der Waals surface area (Å²) >= 11 is 0. The number of nitrogens with zero attached hydrogens (tertiary/aromatic N) is 3. The Hall–Kier alpha value is -1.31. The molecule has 7 heteroatoms. The standard InChI is InChI=1S/C20H36N4O3/c1-16(2)19(25)20(6-5-7-20)14-18-15-24(23-22-18)9-11-27-13-12-26-10-8-21-17(3)4/h15-17,21H,5-14H2,1-4H3. The van der Waals surface area contributed by atoms with Gasteiger partial charge in [-0.25, -0.2) is 4.68 Å². The van der Waals surface area contributed by atoms with Crippen LogP contribution in [0.3, 0.4) is 0 Å². The number of carbonyl (C=O) groups is 1. The van der Waals surface area contributed by atoms with Crippen LogP contribution in [0.1, 0.15) is 52.7 Å². The van der Waals surface area contributed by atoms with Gasteiger partial charge in [0.05, 0.1) is 38.7 Å². The van der Waals surface area contributed by atoms with Crippen LogP contribution in [0, 0.1) is 11.3 Å². The average Bonchev–Trinajstić information content (AvgIpc) is 3.03. The summed E-state index contributed by atoms with van der Waals surface area (Å²) in [5, 5.41) is 11.7. The molecule has 1 aromatic rings. The summed E-state index contributed by atoms with van der Waals surface area (Å²) in [6, 6.07) is 0.486. The van der Waals surface area contributed by atoms with E-state index in [0.29, 0.717) is 51.2 Å². The first kappa shape index (κ1) is 22.0. The molecule has 0 amide bonds. The van der Waals surface area contributed by atoms with E-state index in [1.807, 2.05) is 20.0 Å². The molecule has 0 spiro atoms. The van der Waals surface area contributed by atoms with Crippen molar-refractivity contribution in [2.24, 2.45) is 11.3 Å². The minimum absolute atomic E-state index is 0.0807. The number of ether oxygens (including phenoxy) is 2. The number of aromatic nitrogens is 3. The zero-order valence-electron chi connectivity index (χ0n) is 17.4. The second-order valence-corrected chi connectivity index (χ2v) is 8.14. The monoisotopic (exact) mass is 380 g/mol. The molecule has 154 valence electrons. The molecule has 7 nitrogen and oxygen atoms in total. The van der Waals surface area contributed by atoms with Crippen LogP contribution >= 0.6 is 0 Å². The van der Waals surface area contributed by atoms with E-state index in [4.69, 9.17) is 9.47 Å². The third-order valence-electron chi connectivity index (χ3n) is 5.10. The van der Waals surface area contributed by atoms with Gasteiger partial charge in [-0.1, -0.05) is 39.3 Å². The molecule has 0 atom stereocenters. The lowest BCUT2D eigenvalue weighted by Crippen LogP contribution is -2.42. The Bertz CT molecular complexity index is 567. The topological polar surface area (TPSA) is 78.3 Å². The molecule has 0 radical (unpaired) electrons. The van der Waals surface area contributed by atoms with Gasteiger partial charge in [0.15, 0.2) is 0 Å². The maximum Gasteiger partial charge on any atom is 0.141 e. The largest absolute Gasteiger partial charge is 0.378 e. The summed E-state index contributed by atoms with van der Waals surface area (Å²) in [5.74, 6) is 0.451. The minimum atomic E-state index is -0.201. The Morgan fingerprint density at radius 3 is 2.48 bits per heavy atom. The van der Waals surface area contributed by atoms with E-state index in [-0.39, 0.29) is 11.3 Å². The molecule has 1 saturated carbocycles. The van der Waals surface area contributed by atoms with Crippen molar-refractivity contribution in [1.82, 2.24) is 20.3 Å². The van der Waals surface area contributed by atoms with Crippen LogP contribution in [0.4, 0.5) is 0 Å². The third-order valence-corrected chi connectivity index (χ3v) is 5.10. The highest BCUT2D eigenvalue weighted by atomic mass is 16.5. The Balaban J connectivity index is 1.61. The zero-order valence-corrected chi connectivity index (χ0v) is 17.4. The molecule has 0 aromatic carbocycles. The van der Waals surface area contributed by atoms with Crippen LogP contribution in [-0.4, -0.2) is 59.8 Å². The van der Waals surface area contributed by atoms with E-state index in [1.54, 1.807) is 4.68 Å². The van der Waals surface area contributed by atoms with Gasteiger partial charge >= 0.3 is 0 Å². The molecule has 0 aliphatic heterocycles. The predicted molar refractivity (Wildman–Crippen MR) is 105 cm³/mol. The lowest BCUT2D eigenvalue weighted by molar-refractivity contribution is -0.136.